The number of nitrogens with one attached hydrogen (secondary N) is 2. The zero-order chi connectivity index (χ0) is 22.6. The van der Waals surface area contributed by atoms with Crippen LogP contribution in [0.25, 0.3) is 0 Å². The fourth-order valence-corrected chi connectivity index (χ4v) is 2.91. The lowest BCUT2D eigenvalue weighted by atomic mass is 10.2. The predicted molar refractivity (Wildman–Crippen MR) is 105 cm³/mol. The normalized spacial score (nSPS) is 17.6. The molecular weight excluding hydrogens is 382 g/mol. The van der Waals surface area contributed by atoms with E-state index in [4.69, 9.17) is 26.9 Å². The standard InChI is InChI=1S/C19H18ClN5O3/c1-3-16(26)22-13-6-4-12(5-7-13)18(27)25-9-8-14(11-25)23-19-21-10-15(20)17(24-19)28-2/h1,4-7,10,14H,8-9,11H2,2H3,(H,22,26)(H,21,23,24)/t14-/m0/s1/i2D3. The van der Waals surface area contributed by atoms with Crippen LogP contribution < -0.4 is 15.4 Å². The van der Waals surface area contributed by atoms with E-state index in [0.29, 0.717) is 30.8 Å². The summed E-state index contributed by atoms with van der Waals surface area (Å²) in [6.07, 6.45) is 6.90. The number of anilines is 2. The fraction of sp³-hybridized carbons (Fsp3) is 0.263. The molecule has 1 fully saturated rings. The molecule has 1 atom stereocenters. The summed E-state index contributed by atoms with van der Waals surface area (Å²) in [5.74, 6) is 1.12. The summed E-state index contributed by atoms with van der Waals surface area (Å²) in [4.78, 5) is 33.7. The third-order valence-electron chi connectivity index (χ3n) is 4.14. The first kappa shape index (κ1) is 15.7. The third-order valence-corrected chi connectivity index (χ3v) is 4.40. The summed E-state index contributed by atoms with van der Waals surface area (Å²) < 4.78 is 26.3. The molecule has 2 heterocycles. The van der Waals surface area contributed by atoms with E-state index in [1.807, 2.05) is 5.92 Å². The van der Waals surface area contributed by atoms with Gasteiger partial charge in [-0.3, -0.25) is 9.59 Å². The number of aromatic nitrogens is 2. The largest absolute Gasteiger partial charge is 0.480 e. The van der Waals surface area contributed by atoms with E-state index < -0.39 is 12.9 Å². The maximum atomic E-state index is 12.7. The molecule has 0 aliphatic carbocycles. The molecule has 0 spiro atoms. The van der Waals surface area contributed by atoms with Crippen LogP contribution in [0.4, 0.5) is 11.6 Å². The number of terminal acetylenes is 1. The quantitative estimate of drug-likeness (QED) is 0.743. The van der Waals surface area contributed by atoms with Gasteiger partial charge in [-0.1, -0.05) is 11.6 Å². The van der Waals surface area contributed by atoms with Crippen molar-refractivity contribution < 1.29 is 18.4 Å². The highest BCUT2D eigenvalue weighted by molar-refractivity contribution is 6.31. The number of hydrogen-bond donors (Lipinski definition) is 2. The van der Waals surface area contributed by atoms with Gasteiger partial charge in [-0.15, -0.1) is 6.42 Å². The average molecular weight is 403 g/mol. The van der Waals surface area contributed by atoms with Gasteiger partial charge in [-0.2, -0.15) is 4.98 Å². The zero-order valence-corrected chi connectivity index (χ0v) is 15.4. The number of hydrogen-bond acceptors (Lipinski definition) is 6. The van der Waals surface area contributed by atoms with Gasteiger partial charge in [0.1, 0.15) is 5.02 Å². The van der Waals surface area contributed by atoms with E-state index >= 15 is 0 Å². The molecule has 1 aliphatic heterocycles. The molecule has 0 unspecified atom stereocenters. The third kappa shape index (κ3) is 4.50. The number of amides is 2. The van der Waals surface area contributed by atoms with Crippen LogP contribution >= 0.6 is 11.6 Å². The van der Waals surface area contributed by atoms with Crippen molar-refractivity contribution in [2.75, 3.05) is 30.8 Å². The molecule has 1 aromatic heterocycles. The second-order valence-corrected chi connectivity index (χ2v) is 6.41. The number of benzene rings is 1. The lowest BCUT2D eigenvalue weighted by Gasteiger charge is -2.17. The molecule has 2 amide bonds. The van der Waals surface area contributed by atoms with E-state index in [2.05, 4.69) is 20.6 Å². The van der Waals surface area contributed by atoms with Gasteiger partial charge in [-0.05, 0) is 36.6 Å². The van der Waals surface area contributed by atoms with E-state index in [1.165, 1.54) is 6.20 Å². The van der Waals surface area contributed by atoms with Crippen molar-refractivity contribution in [2.45, 2.75) is 12.5 Å². The van der Waals surface area contributed by atoms with Gasteiger partial charge in [0.25, 0.3) is 11.8 Å². The molecule has 9 heteroatoms. The Morgan fingerprint density at radius 1 is 1.43 bits per heavy atom. The van der Waals surface area contributed by atoms with Gasteiger partial charge in [-0.25, -0.2) is 4.98 Å². The Hall–Kier alpha value is -3.31. The second-order valence-electron chi connectivity index (χ2n) is 6.01. The number of methoxy groups -OCH3 is 1. The summed E-state index contributed by atoms with van der Waals surface area (Å²) in [7, 11) is -2.69. The first-order chi connectivity index (χ1) is 14.6. The molecule has 0 bridgehead atoms. The molecule has 0 radical (unpaired) electrons. The van der Waals surface area contributed by atoms with Crippen LogP contribution in [0.15, 0.2) is 30.5 Å². The van der Waals surface area contributed by atoms with Crippen LogP contribution in [0.3, 0.4) is 0 Å². The average Bonchev–Trinajstić information content (AvgIpc) is 3.18. The highest BCUT2D eigenvalue weighted by atomic mass is 35.5. The number of rotatable bonds is 5. The highest BCUT2D eigenvalue weighted by Gasteiger charge is 2.27. The van der Waals surface area contributed by atoms with Gasteiger partial charge in [0.15, 0.2) is 0 Å². The van der Waals surface area contributed by atoms with Crippen LogP contribution in [-0.4, -0.2) is 52.9 Å². The molecule has 3 rings (SSSR count). The number of halogens is 1. The second kappa shape index (κ2) is 8.59. The summed E-state index contributed by atoms with van der Waals surface area (Å²) in [6, 6.07) is 6.27. The molecule has 0 saturated carbocycles. The Morgan fingerprint density at radius 2 is 2.21 bits per heavy atom. The van der Waals surface area contributed by atoms with Gasteiger partial charge < -0.3 is 20.3 Å². The minimum absolute atomic E-state index is 0.0215. The predicted octanol–water partition coefficient (Wildman–Crippen LogP) is 2.04. The summed E-state index contributed by atoms with van der Waals surface area (Å²) in [5, 5.41) is 5.55. The molecule has 1 aliphatic rings. The topological polar surface area (TPSA) is 96.5 Å². The van der Waals surface area contributed by atoms with Crippen molar-refractivity contribution in [1.82, 2.24) is 14.9 Å². The maximum absolute atomic E-state index is 12.7. The van der Waals surface area contributed by atoms with Crippen molar-refractivity contribution >= 4 is 35.1 Å². The lowest BCUT2D eigenvalue weighted by Crippen LogP contribution is -2.31. The molecule has 8 nitrogen and oxygen atoms in total. The smallest absolute Gasteiger partial charge is 0.300 e. The lowest BCUT2D eigenvalue weighted by molar-refractivity contribution is -0.111. The molecule has 28 heavy (non-hydrogen) atoms. The Balaban J connectivity index is 1.60. The molecule has 144 valence electrons. The van der Waals surface area contributed by atoms with Crippen LogP contribution in [-0.2, 0) is 4.79 Å². The number of likely N-dealkylation sites (tertiary alicyclic amines) is 1. The summed E-state index contributed by atoms with van der Waals surface area (Å²) in [5.41, 5.74) is 0.964. The Morgan fingerprint density at radius 3 is 2.93 bits per heavy atom. The van der Waals surface area contributed by atoms with E-state index in [-0.39, 0.29) is 28.8 Å². The molecular formula is C19H18ClN5O3. The number of carbonyl (C=O) groups is 2. The summed E-state index contributed by atoms with van der Waals surface area (Å²) in [6.45, 7) is 0.911. The Bertz CT molecular complexity index is 1020. The minimum atomic E-state index is -2.69. The zero-order valence-electron chi connectivity index (χ0n) is 17.6. The van der Waals surface area contributed by atoms with Gasteiger partial charge >= 0.3 is 0 Å². The van der Waals surface area contributed by atoms with E-state index in [0.717, 1.165) is 0 Å². The molecule has 2 N–H and O–H groups in total. The first-order valence-electron chi connectivity index (χ1n) is 9.79. The molecule has 2 aromatic rings. The maximum Gasteiger partial charge on any atom is 0.300 e. The van der Waals surface area contributed by atoms with Crippen molar-refractivity contribution in [3.8, 4) is 18.2 Å². The van der Waals surface area contributed by atoms with Crippen LogP contribution in [0.2, 0.25) is 5.02 Å². The Kier molecular flexibility index (Phi) is 4.82. The summed E-state index contributed by atoms with van der Waals surface area (Å²) >= 11 is 5.89. The Labute approximate surface area is 171 Å². The number of nitrogens with zero attached hydrogens (tertiary/aromatic N) is 3. The first-order valence-corrected chi connectivity index (χ1v) is 8.67. The van der Waals surface area contributed by atoms with Crippen LogP contribution in [0, 0.1) is 12.3 Å². The molecule has 1 saturated heterocycles. The van der Waals surface area contributed by atoms with Crippen LogP contribution in [0.1, 0.15) is 20.9 Å². The van der Waals surface area contributed by atoms with Gasteiger partial charge in [0.05, 0.1) is 17.3 Å². The highest BCUT2D eigenvalue weighted by Crippen LogP contribution is 2.23. The van der Waals surface area contributed by atoms with E-state index in [1.54, 1.807) is 29.2 Å². The van der Waals surface area contributed by atoms with Crippen molar-refractivity contribution in [2.24, 2.45) is 0 Å². The van der Waals surface area contributed by atoms with Crippen molar-refractivity contribution in [1.29, 1.82) is 0 Å². The number of ether oxygens (including phenoxy) is 1. The fourth-order valence-electron chi connectivity index (χ4n) is 2.78. The number of carbonyl (C=O) groups excluding carboxylic acids is 2. The van der Waals surface area contributed by atoms with E-state index in [9.17, 15) is 9.59 Å². The minimum Gasteiger partial charge on any atom is -0.480 e. The van der Waals surface area contributed by atoms with Crippen LogP contribution in [0.5, 0.6) is 5.88 Å². The van der Waals surface area contributed by atoms with Gasteiger partial charge in [0, 0.05) is 30.4 Å². The van der Waals surface area contributed by atoms with Crippen molar-refractivity contribution in [3.63, 3.8) is 0 Å². The SMILES string of the molecule is [2H]C([2H])([2H])Oc1nc(N[C@H]2CCN(C(=O)c3ccc(NC(=O)C#C)cc3)C2)ncc1Cl. The van der Waals surface area contributed by atoms with Crippen molar-refractivity contribution in [3.05, 3.63) is 41.0 Å². The molecule has 1 aromatic carbocycles. The monoisotopic (exact) mass is 402 g/mol. The van der Waals surface area contributed by atoms with Gasteiger partial charge in [0.2, 0.25) is 11.8 Å².